The number of nitrogens with one attached hydrogen (secondary N) is 1. The molecular formula is C18H23BrN4O. The highest BCUT2D eigenvalue weighted by molar-refractivity contribution is 9.10. The molecule has 0 fully saturated rings. The van der Waals surface area contributed by atoms with E-state index in [2.05, 4.69) is 45.1 Å². The van der Waals surface area contributed by atoms with Crippen molar-refractivity contribution in [3.8, 4) is 0 Å². The summed E-state index contributed by atoms with van der Waals surface area (Å²) >= 11 is 3.48. The summed E-state index contributed by atoms with van der Waals surface area (Å²) in [5, 5.41) is 3.20. The maximum Gasteiger partial charge on any atom is 0.274 e. The van der Waals surface area contributed by atoms with Gasteiger partial charge in [0, 0.05) is 23.2 Å². The van der Waals surface area contributed by atoms with Gasteiger partial charge in [-0.1, -0.05) is 29.8 Å². The van der Waals surface area contributed by atoms with Crippen molar-refractivity contribution in [2.45, 2.75) is 33.6 Å². The number of halogens is 1. The van der Waals surface area contributed by atoms with Gasteiger partial charge in [-0.3, -0.25) is 4.79 Å². The number of carbonyl (C=O) groups is 1. The van der Waals surface area contributed by atoms with Gasteiger partial charge in [0.05, 0.1) is 12.4 Å². The number of hydrogen-bond acceptors (Lipinski definition) is 4. The topological polar surface area (TPSA) is 58.1 Å². The zero-order valence-electron chi connectivity index (χ0n) is 14.3. The Bertz CT molecular complexity index is 682. The summed E-state index contributed by atoms with van der Waals surface area (Å²) in [4.78, 5) is 22.9. The van der Waals surface area contributed by atoms with Crippen molar-refractivity contribution in [1.82, 2.24) is 14.9 Å². The minimum absolute atomic E-state index is 0.0581. The van der Waals surface area contributed by atoms with Crippen LogP contribution in [0.3, 0.4) is 0 Å². The maximum absolute atomic E-state index is 12.5. The van der Waals surface area contributed by atoms with Gasteiger partial charge in [0.1, 0.15) is 11.5 Å². The first kappa shape index (κ1) is 18.4. The highest BCUT2D eigenvalue weighted by Crippen LogP contribution is 2.22. The second-order valence-electron chi connectivity index (χ2n) is 5.67. The lowest BCUT2D eigenvalue weighted by Crippen LogP contribution is -2.33. The predicted octanol–water partition coefficient (Wildman–Crippen LogP) is 4.55. The third kappa shape index (κ3) is 4.77. The Morgan fingerprint density at radius 3 is 2.42 bits per heavy atom. The second-order valence-corrected chi connectivity index (χ2v) is 6.52. The van der Waals surface area contributed by atoms with Gasteiger partial charge in [-0.2, -0.15) is 0 Å². The zero-order chi connectivity index (χ0) is 17.5. The lowest BCUT2D eigenvalue weighted by atomic mass is 10.2. The van der Waals surface area contributed by atoms with Crippen molar-refractivity contribution in [2.75, 3.05) is 18.4 Å². The highest BCUT2D eigenvalue weighted by atomic mass is 79.9. The van der Waals surface area contributed by atoms with Gasteiger partial charge in [-0.05, 0) is 43.5 Å². The van der Waals surface area contributed by atoms with Gasteiger partial charge in [-0.15, -0.1) is 0 Å². The standard InChI is InChI=1S/C18H23BrN4O/c1-4-8-23(9-5-2)18(24)16-11-21-17(12-20-16)22-14-6-7-15(19)13(3)10-14/h6-7,10-12H,4-5,8-9H2,1-3H3,(H,21,22). The third-order valence-electron chi connectivity index (χ3n) is 3.58. The molecule has 2 rings (SSSR count). The van der Waals surface area contributed by atoms with Gasteiger partial charge in [0.25, 0.3) is 5.91 Å². The van der Waals surface area contributed by atoms with Crippen LogP contribution in [0.2, 0.25) is 0 Å². The summed E-state index contributed by atoms with van der Waals surface area (Å²) in [5.74, 6) is 0.558. The fraction of sp³-hybridized carbons (Fsp3) is 0.389. The lowest BCUT2D eigenvalue weighted by molar-refractivity contribution is 0.0749. The summed E-state index contributed by atoms with van der Waals surface area (Å²) in [6.45, 7) is 7.64. The zero-order valence-corrected chi connectivity index (χ0v) is 15.9. The van der Waals surface area contributed by atoms with E-state index in [1.54, 1.807) is 6.20 Å². The van der Waals surface area contributed by atoms with Crippen LogP contribution >= 0.6 is 15.9 Å². The second kappa shape index (κ2) is 8.78. The Morgan fingerprint density at radius 2 is 1.88 bits per heavy atom. The molecule has 24 heavy (non-hydrogen) atoms. The Labute approximate surface area is 151 Å². The first-order valence-corrected chi connectivity index (χ1v) is 8.99. The molecule has 1 aromatic carbocycles. The number of aryl methyl sites for hydroxylation is 1. The highest BCUT2D eigenvalue weighted by Gasteiger charge is 2.16. The molecule has 0 radical (unpaired) electrons. The van der Waals surface area contributed by atoms with Crippen LogP contribution in [0.25, 0.3) is 0 Å². The minimum Gasteiger partial charge on any atom is -0.339 e. The number of aromatic nitrogens is 2. The molecule has 1 N–H and O–H groups in total. The molecule has 0 aliphatic heterocycles. The SMILES string of the molecule is CCCN(CCC)C(=O)c1cnc(Nc2ccc(Br)c(C)c2)cn1. The molecule has 128 valence electrons. The molecular weight excluding hydrogens is 368 g/mol. The Kier molecular flexibility index (Phi) is 6.73. The molecule has 2 aromatic rings. The van der Waals surface area contributed by atoms with E-state index in [1.165, 1.54) is 6.20 Å². The van der Waals surface area contributed by atoms with E-state index in [-0.39, 0.29) is 5.91 Å². The van der Waals surface area contributed by atoms with E-state index in [4.69, 9.17) is 0 Å². The summed E-state index contributed by atoms with van der Waals surface area (Å²) in [5.41, 5.74) is 2.45. The Balaban J connectivity index is 2.09. The van der Waals surface area contributed by atoms with Gasteiger partial charge in [-0.25, -0.2) is 9.97 Å². The van der Waals surface area contributed by atoms with E-state index in [1.807, 2.05) is 30.0 Å². The summed E-state index contributed by atoms with van der Waals surface area (Å²) in [7, 11) is 0. The van der Waals surface area contributed by atoms with Crippen molar-refractivity contribution in [3.63, 3.8) is 0 Å². The summed E-state index contributed by atoms with van der Waals surface area (Å²) in [6, 6.07) is 5.97. The maximum atomic E-state index is 12.5. The van der Waals surface area contributed by atoms with E-state index in [0.29, 0.717) is 11.5 Å². The Morgan fingerprint density at radius 1 is 1.17 bits per heavy atom. The monoisotopic (exact) mass is 390 g/mol. The van der Waals surface area contributed by atoms with Crippen molar-refractivity contribution in [1.29, 1.82) is 0 Å². The number of carbonyl (C=O) groups excluding carboxylic acids is 1. The quantitative estimate of drug-likeness (QED) is 0.752. The number of nitrogens with zero attached hydrogens (tertiary/aromatic N) is 3. The molecule has 0 unspecified atom stereocenters. The first-order valence-electron chi connectivity index (χ1n) is 8.19. The van der Waals surface area contributed by atoms with Crippen molar-refractivity contribution in [3.05, 3.63) is 46.3 Å². The number of anilines is 2. The number of amides is 1. The van der Waals surface area contributed by atoms with Crippen LogP contribution in [0.15, 0.2) is 35.1 Å². The average molecular weight is 391 g/mol. The van der Waals surface area contributed by atoms with E-state index >= 15 is 0 Å². The molecule has 0 spiro atoms. The molecule has 0 aliphatic rings. The molecule has 1 amide bonds. The molecule has 6 heteroatoms. The smallest absolute Gasteiger partial charge is 0.274 e. The van der Waals surface area contributed by atoms with E-state index in [9.17, 15) is 4.79 Å². The molecule has 0 atom stereocenters. The van der Waals surface area contributed by atoms with Crippen molar-refractivity contribution >= 4 is 33.3 Å². The number of benzene rings is 1. The van der Waals surface area contributed by atoms with Crippen LogP contribution in [0.5, 0.6) is 0 Å². The molecule has 1 heterocycles. The lowest BCUT2D eigenvalue weighted by Gasteiger charge is -2.20. The average Bonchev–Trinajstić information content (AvgIpc) is 2.58. The number of hydrogen-bond donors (Lipinski definition) is 1. The van der Waals surface area contributed by atoms with Gasteiger partial charge in [0.15, 0.2) is 0 Å². The summed E-state index contributed by atoms with van der Waals surface area (Å²) in [6.07, 6.45) is 5.00. The van der Waals surface area contributed by atoms with Gasteiger partial charge in [0.2, 0.25) is 0 Å². The van der Waals surface area contributed by atoms with Crippen LogP contribution in [0.4, 0.5) is 11.5 Å². The number of rotatable bonds is 7. The molecule has 0 aliphatic carbocycles. The minimum atomic E-state index is -0.0581. The fourth-order valence-electron chi connectivity index (χ4n) is 2.39. The van der Waals surface area contributed by atoms with Crippen LogP contribution in [-0.4, -0.2) is 33.9 Å². The van der Waals surface area contributed by atoms with Crippen LogP contribution in [0, 0.1) is 6.92 Å². The molecule has 0 saturated carbocycles. The van der Waals surface area contributed by atoms with E-state index in [0.717, 1.165) is 41.7 Å². The van der Waals surface area contributed by atoms with Crippen LogP contribution in [-0.2, 0) is 0 Å². The van der Waals surface area contributed by atoms with Gasteiger partial charge < -0.3 is 10.2 Å². The molecule has 0 bridgehead atoms. The Hall–Kier alpha value is -1.95. The fourth-order valence-corrected chi connectivity index (χ4v) is 2.64. The van der Waals surface area contributed by atoms with Crippen LogP contribution in [0.1, 0.15) is 42.7 Å². The predicted molar refractivity (Wildman–Crippen MR) is 101 cm³/mol. The third-order valence-corrected chi connectivity index (χ3v) is 4.47. The first-order chi connectivity index (χ1) is 11.5. The molecule has 5 nitrogen and oxygen atoms in total. The molecule has 0 saturated heterocycles. The van der Waals surface area contributed by atoms with Crippen molar-refractivity contribution < 1.29 is 4.79 Å². The molecule has 1 aromatic heterocycles. The largest absolute Gasteiger partial charge is 0.339 e. The van der Waals surface area contributed by atoms with E-state index < -0.39 is 0 Å². The summed E-state index contributed by atoms with van der Waals surface area (Å²) < 4.78 is 1.06. The normalized spacial score (nSPS) is 10.5. The van der Waals surface area contributed by atoms with Crippen molar-refractivity contribution in [2.24, 2.45) is 0 Å². The van der Waals surface area contributed by atoms with Crippen LogP contribution < -0.4 is 5.32 Å². The van der Waals surface area contributed by atoms with Gasteiger partial charge >= 0.3 is 0 Å².